The van der Waals surface area contributed by atoms with Crippen LogP contribution in [0.1, 0.15) is 0 Å². The molecule has 3 heteroatoms. The largest absolute Gasteiger partial charge is 0.454 e. The van der Waals surface area contributed by atoms with Crippen molar-refractivity contribution in [2.24, 2.45) is 0 Å². The molecule has 0 saturated carbocycles. The van der Waals surface area contributed by atoms with E-state index < -0.39 is 0 Å². The minimum Gasteiger partial charge on any atom is -0.454 e. The van der Waals surface area contributed by atoms with Gasteiger partial charge in [0, 0.05) is 0 Å². The van der Waals surface area contributed by atoms with E-state index in [4.69, 9.17) is 17.0 Å². The normalized spacial score (nSPS) is 10.4. The molecule has 0 aliphatic rings. The van der Waals surface area contributed by atoms with Crippen molar-refractivity contribution in [2.45, 2.75) is 14.7 Å². The zero-order chi connectivity index (χ0) is 15.2. The van der Waals surface area contributed by atoms with Crippen molar-refractivity contribution < 1.29 is 4.74 Å². The zero-order valence-electron chi connectivity index (χ0n) is 11.9. The van der Waals surface area contributed by atoms with Gasteiger partial charge in [-0.3, -0.25) is 0 Å². The van der Waals surface area contributed by atoms with Gasteiger partial charge in [-0.15, -0.1) is 0 Å². The Kier molecular flexibility index (Phi) is 4.88. The number of benzene rings is 3. The third-order valence-electron chi connectivity index (χ3n) is 3.20. The summed E-state index contributed by atoms with van der Waals surface area (Å²) in [7, 11) is -0.119. The maximum Gasteiger partial charge on any atom is 0.166 e. The summed E-state index contributed by atoms with van der Waals surface area (Å²) in [6, 6.07) is 29.3. The molecule has 0 bridgehead atoms. The Hall–Kier alpha value is -2.10. The molecule has 0 heterocycles. The van der Waals surface area contributed by atoms with Crippen LogP contribution in [0, 0.1) is 0 Å². The Bertz CT molecular complexity index is 685. The highest BCUT2D eigenvalue weighted by atomic mass is 32.2. The molecule has 0 aliphatic carbocycles. The lowest BCUT2D eigenvalue weighted by molar-refractivity contribution is 0.585. The van der Waals surface area contributed by atoms with Gasteiger partial charge in [-0.25, -0.2) is 0 Å². The number of hydrogen-bond donors (Lipinski definition) is 0. The molecule has 0 fully saturated rings. The van der Waals surface area contributed by atoms with Crippen LogP contribution in [-0.2, 0) is 10.9 Å². The highest BCUT2D eigenvalue weighted by molar-refractivity contribution is 7.97. The van der Waals surface area contributed by atoms with E-state index in [1.807, 2.05) is 24.3 Å². The Morgan fingerprint density at radius 3 is 1.55 bits per heavy atom. The number of hydrogen-bond acceptors (Lipinski definition) is 2. The van der Waals surface area contributed by atoms with Crippen LogP contribution < -0.4 is 4.74 Å². The predicted octanol–water partition coefficient (Wildman–Crippen LogP) is 5.12. The van der Waals surface area contributed by atoms with Crippen molar-refractivity contribution in [3.63, 3.8) is 0 Å². The summed E-state index contributed by atoms with van der Waals surface area (Å²) in [5, 5.41) is 0. The van der Waals surface area contributed by atoms with Gasteiger partial charge < -0.3 is 4.74 Å². The minimum absolute atomic E-state index is 0.119. The van der Waals surface area contributed by atoms with Crippen molar-refractivity contribution in [1.82, 2.24) is 0 Å². The first-order chi connectivity index (χ1) is 10.9. The van der Waals surface area contributed by atoms with E-state index in [1.54, 1.807) is 0 Å². The molecule has 0 unspecified atom stereocenters. The summed E-state index contributed by atoms with van der Waals surface area (Å²) >= 11 is 4.73. The molecule has 0 aromatic heterocycles. The summed E-state index contributed by atoms with van der Waals surface area (Å²) in [6.07, 6.45) is 0. The third kappa shape index (κ3) is 3.38. The number of thiocarbonyl (C=S) groups is 1. The molecule has 3 aromatic carbocycles. The fourth-order valence-electron chi connectivity index (χ4n) is 2.23. The van der Waals surface area contributed by atoms with Crippen molar-refractivity contribution >= 4 is 28.7 Å². The van der Waals surface area contributed by atoms with Crippen LogP contribution in [0.3, 0.4) is 0 Å². The summed E-state index contributed by atoms with van der Waals surface area (Å²) in [5.74, 6) is 0.767. The van der Waals surface area contributed by atoms with Gasteiger partial charge in [-0.2, -0.15) is 0 Å². The molecule has 0 aliphatic heterocycles. The summed E-state index contributed by atoms with van der Waals surface area (Å²) < 4.78 is 5.24. The SMILES string of the molecule is S=COc1ccc([S+](c2ccccc2)c2ccccc2)cc1. The van der Waals surface area contributed by atoms with Gasteiger partial charge in [0.15, 0.2) is 20.2 Å². The van der Waals surface area contributed by atoms with E-state index in [1.165, 1.54) is 20.2 Å². The van der Waals surface area contributed by atoms with E-state index in [-0.39, 0.29) is 10.9 Å². The van der Waals surface area contributed by atoms with E-state index in [2.05, 4.69) is 60.7 Å². The first kappa shape index (κ1) is 14.8. The van der Waals surface area contributed by atoms with Crippen molar-refractivity contribution in [3.05, 3.63) is 84.9 Å². The molecule has 3 rings (SSSR count). The molecule has 0 amide bonds. The van der Waals surface area contributed by atoms with Crippen LogP contribution >= 0.6 is 12.2 Å². The smallest absolute Gasteiger partial charge is 0.166 e. The van der Waals surface area contributed by atoms with Crippen molar-refractivity contribution in [3.8, 4) is 5.75 Å². The van der Waals surface area contributed by atoms with Gasteiger partial charge in [-0.05, 0) is 60.7 Å². The van der Waals surface area contributed by atoms with E-state index in [9.17, 15) is 0 Å². The molecule has 0 N–H and O–H groups in total. The first-order valence-electron chi connectivity index (χ1n) is 6.93. The molecule has 0 radical (unpaired) electrons. The molecule has 0 spiro atoms. The van der Waals surface area contributed by atoms with Gasteiger partial charge in [0.25, 0.3) is 0 Å². The predicted molar refractivity (Wildman–Crippen MR) is 95.8 cm³/mol. The quantitative estimate of drug-likeness (QED) is 0.476. The van der Waals surface area contributed by atoms with Gasteiger partial charge in [-0.1, -0.05) is 36.4 Å². The van der Waals surface area contributed by atoms with Crippen LogP contribution in [0.2, 0.25) is 0 Å². The van der Waals surface area contributed by atoms with E-state index in [0.717, 1.165) is 5.75 Å². The Balaban J connectivity index is 2.04. The summed E-state index contributed by atoms with van der Waals surface area (Å²) in [6.45, 7) is 0. The topological polar surface area (TPSA) is 9.23 Å². The third-order valence-corrected chi connectivity index (χ3v) is 5.53. The molecule has 0 saturated heterocycles. The van der Waals surface area contributed by atoms with Crippen LogP contribution in [-0.4, -0.2) is 5.55 Å². The second-order valence-electron chi connectivity index (χ2n) is 4.62. The summed E-state index contributed by atoms with van der Waals surface area (Å²) in [4.78, 5) is 3.86. The number of ether oxygens (including phenoxy) is 1. The Morgan fingerprint density at radius 2 is 1.09 bits per heavy atom. The fraction of sp³-hybridized carbons (Fsp3) is 0. The lowest BCUT2D eigenvalue weighted by atomic mass is 10.3. The highest BCUT2D eigenvalue weighted by Crippen LogP contribution is 2.31. The Morgan fingerprint density at radius 1 is 0.636 bits per heavy atom. The van der Waals surface area contributed by atoms with Crippen LogP contribution in [0.15, 0.2) is 99.6 Å². The molecular weight excluding hydrogens is 308 g/mol. The second kappa shape index (κ2) is 7.25. The van der Waals surface area contributed by atoms with Crippen LogP contribution in [0.4, 0.5) is 0 Å². The summed E-state index contributed by atoms with van der Waals surface area (Å²) in [5.41, 5.74) is 1.28. The molecule has 22 heavy (non-hydrogen) atoms. The fourth-order valence-corrected chi connectivity index (χ4v) is 4.43. The van der Waals surface area contributed by atoms with Gasteiger partial charge in [0.1, 0.15) is 5.75 Å². The monoisotopic (exact) mass is 323 g/mol. The average molecular weight is 323 g/mol. The molecule has 108 valence electrons. The zero-order valence-corrected chi connectivity index (χ0v) is 13.5. The van der Waals surface area contributed by atoms with Gasteiger partial charge in [0.05, 0.1) is 10.9 Å². The maximum atomic E-state index is 5.24. The lowest BCUT2D eigenvalue weighted by Crippen LogP contribution is -2.04. The minimum atomic E-state index is -0.119. The standard InChI is InChI=1S/C19H15OS2/c21-15-20-16-11-13-19(14-12-16)22(17-7-3-1-4-8-17)18-9-5-2-6-10-18/h1-15H/q+1. The maximum absolute atomic E-state index is 5.24. The van der Waals surface area contributed by atoms with Crippen molar-refractivity contribution in [1.29, 1.82) is 0 Å². The van der Waals surface area contributed by atoms with E-state index in [0.29, 0.717) is 0 Å². The van der Waals surface area contributed by atoms with Gasteiger partial charge in [0.2, 0.25) is 0 Å². The van der Waals surface area contributed by atoms with Crippen LogP contribution in [0.5, 0.6) is 5.75 Å². The van der Waals surface area contributed by atoms with E-state index >= 15 is 0 Å². The first-order valence-corrected chi connectivity index (χ1v) is 8.63. The van der Waals surface area contributed by atoms with Crippen molar-refractivity contribution in [2.75, 3.05) is 0 Å². The molecule has 0 atom stereocenters. The number of rotatable bonds is 5. The average Bonchev–Trinajstić information content (AvgIpc) is 2.59. The molecular formula is C19H15OS2+. The molecule has 1 nitrogen and oxygen atoms in total. The lowest BCUT2D eigenvalue weighted by Gasteiger charge is -2.08. The van der Waals surface area contributed by atoms with Gasteiger partial charge >= 0.3 is 0 Å². The Labute approximate surface area is 138 Å². The highest BCUT2D eigenvalue weighted by Gasteiger charge is 2.27. The second-order valence-corrected chi connectivity index (χ2v) is 6.84. The molecule has 3 aromatic rings. The van der Waals surface area contributed by atoms with Crippen LogP contribution in [0.25, 0.3) is 0 Å².